The summed E-state index contributed by atoms with van der Waals surface area (Å²) in [6.07, 6.45) is 1.78. The normalized spacial score (nSPS) is 13.0. The summed E-state index contributed by atoms with van der Waals surface area (Å²) in [7, 11) is -2.93. The second kappa shape index (κ2) is 5.86. The van der Waals surface area contributed by atoms with Crippen molar-refractivity contribution in [3.8, 4) is 0 Å². The van der Waals surface area contributed by atoms with Gasteiger partial charge in [-0.25, -0.2) is 8.42 Å². The minimum atomic E-state index is -2.93. The van der Waals surface area contributed by atoms with E-state index in [1.54, 1.807) is 12.1 Å². The van der Waals surface area contributed by atoms with E-state index in [0.29, 0.717) is 12.0 Å². The maximum atomic E-state index is 11.1. The second-order valence-electron chi connectivity index (χ2n) is 4.46. The molecule has 0 heterocycles. The first kappa shape index (κ1) is 14.5. The van der Waals surface area contributed by atoms with Gasteiger partial charge in [-0.05, 0) is 25.5 Å². The van der Waals surface area contributed by atoms with E-state index in [0.717, 1.165) is 5.69 Å². The third-order valence-electron chi connectivity index (χ3n) is 2.51. The Labute approximate surface area is 108 Å². The number of nitrogens with two attached hydrogens (primary N) is 1. The van der Waals surface area contributed by atoms with Crippen LogP contribution in [0.2, 0.25) is 0 Å². The summed E-state index contributed by atoms with van der Waals surface area (Å²) in [5, 5.41) is 10.5. The van der Waals surface area contributed by atoms with Gasteiger partial charge in [0.2, 0.25) is 0 Å². The Morgan fingerprint density at radius 2 is 2.17 bits per heavy atom. The first-order valence-corrected chi connectivity index (χ1v) is 7.73. The molecule has 0 radical (unpaired) electrons. The zero-order chi connectivity index (χ0) is 13.8. The number of amidine groups is 1. The van der Waals surface area contributed by atoms with E-state index in [-0.39, 0.29) is 17.6 Å². The fraction of sp³-hybridized carbons (Fsp3) is 0.417. The predicted octanol–water partition coefficient (Wildman–Crippen LogP) is 1.21. The van der Waals surface area contributed by atoms with Crippen molar-refractivity contribution in [2.45, 2.75) is 19.4 Å². The summed E-state index contributed by atoms with van der Waals surface area (Å²) in [5.74, 6) is 0.176. The van der Waals surface area contributed by atoms with E-state index < -0.39 is 9.84 Å². The smallest absolute Gasteiger partial charge is 0.147 e. The number of nitrogens with one attached hydrogen (secondary N) is 2. The van der Waals surface area contributed by atoms with E-state index in [1.165, 1.54) is 6.26 Å². The molecule has 0 aliphatic rings. The van der Waals surface area contributed by atoms with Crippen molar-refractivity contribution >= 4 is 21.4 Å². The van der Waals surface area contributed by atoms with Gasteiger partial charge in [-0.2, -0.15) is 0 Å². The average Bonchev–Trinajstić information content (AvgIpc) is 2.26. The molecule has 0 bridgehead atoms. The monoisotopic (exact) mass is 269 g/mol. The molecular formula is C12H19N3O2S. The first-order valence-electron chi connectivity index (χ1n) is 5.66. The molecule has 0 fully saturated rings. The highest BCUT2D eigenvalue weighted by atomic mass is 32.2. The van der Waals surface area contributed by atoms with E-state index in [4.69, 9.17) is 11.1 Å². The Hall–Kier alpha value is -1.56. The Bertz CT molecular complexity index is 526. The lowest BCUT2D eigenvalue weighted by molar-refractivity contribution is 0.596. The molecule has 1 aromatic carbocycles. The van der Waals surface area contributed by atoms with Gasteiger partial charge >= 0.3 is 0 Å². The van der Waals surface area contributed by atoms with Gasteiger partial charge in [0.15, 0.2) is 0 Å². The van der Waals surface area contributed by atoms with Gasteiger partial charge in [-0.15, -0.1) is 0 Å². The minimum Gasteiger partial charge on any atom is -0.384 e. The van der Waals surface area contributed by atoms with E-state index in [2.05, 4.69) is 5.32 Å². The molecule has 100 valence electrons. The maximum Gasteiger partial charge on any atom is 0.147 e. The molecular weight excluding hydrogens is 250 g/mol. The fourth-order valence-corrected chi connectivity index (χ4v) is 2.31. The Morgan fingerprint density at radius 1 is 1.50 bits per heavy atom. The molecule has 1 rings (SSSR count). The van der Waals surface area contributed by atoms with Crippen molar-refractivity contribution in [2.75, 3.05) is 17.3 Å². The van der Waals surface area contributed by atoms with Crippen molar-refractivity contribution in [3.63, 3.8) is 0 Å². The quantitative estimate of drug-likeness (QED) is 0.534. The summed E-state index contributed by atoms with van der Waals surface area (Å²) in [4.78, 5) is 0. The van der Waals surface area contributed by atoms with Crippen LogP contribution in [0.5, 0.6) is 0 Å². The third kappa shape index (κ3) is 5.18. The highest BCUT2D eigenvalue weighted by Gasteiger charge is 2.08. The molecule has 0 saturated heterocycles. The highest BCUT2D eigenvalue weighted by molar-refractivity contribution is 7.90. The van der Waals surface area contributed by atoms with Crippen LogP contribution >= 0.6 is 0 Å². The van der Waals surface area contributed by atoms with Gasteiger partial charge in [0, 0.05) is 23.5 Å². The molecule has 0 saturated carbocycles. The largest absolute Gasteiger partial charge is 0.384 e. The van der Waals surface area contributed by atoms with Gasteiger partial charge in [-0.3, -0.25) is 5.41 Å². The SMILES string of the molecule is C[C@@H](CCS(C)(=O)=O)Nc1cccc(C(=N)N)c1. The van der Waals surface area contributed by atoms with Crippen LogP contribution in [0.1, 0.15) is 18.9 Å². The Kier molecular flexibility index (Phi) is 4.72. The van der Waals surface area contributed by atoms with E-state index >= 15 is 0 Å². The number of rotatable bonds is 6. The van der Waals surface area contributed by atoms with E-state index in [9.17, 15) is 8.42 Å². The standard InChI is InChI=1S/C12H19N3O2S/c1-9(6-7-18(2,16)17)15-11-5-3-4-10(8-11)12(13)14/h3-5,8-9,15H,6-7H2,1-2H3,(H3,13,14)/t9-/m0/s1. The lowest BCUT2D eigenvalue weighted by Crippen LogP contribution is -2.20. The van der Waals surface area contributed by atoms with Crippen LogP contribution in [-0.2, 0) is 9.84 Å². The van der Waals surface area contributed by atoms with E-state index in [1.807, 2.05) is 19.1 Å². The molecule has 0 amide bonds. The Morgan fingerprint density at radius 3 is 2.72 bits per heavy atom. The predicted molar refractivity (Wildman–Crippen MR) is 74.9 cm³/mol. The molecule has 0 aromatic heterocycles. The molecule has 1 atom stereocenters. The molecule has 1 aromatic rings. The van der Waals surface area contributed by atoms with Crippen molar-refractivity contribution in [1.29, 1.82) is 5.41 Å². The summed E-state index contributed by atoms with van der Waals surface area (Å²) in [6.45, 7) is 1.92. The fourth-order valence-electron chi connectivity index (χ4n) is 1.52. The van der Waals surface area contributed by atoms with Gasteiger partial charge in [0.1, 0.15) is 15.7 Å². The second-order valence-corrected chi connectivity index (χ2v) is 6.72. The Balaban J connectivity index is 2.62. The van der Waals surface area contributed by atoms with Gasteiger partial charge in [0.25, 0.3) is 0 Å². The van der Waals surface area contributed by atoms with Gasteiger partial charge in [-0.1, -0.05) is 12.1 Å². The van der Waals surface area contributed by atoms with Crippen molar-refractivity contribution in [3.05, 3.63) is 29.8 Å². The molecule has 5 nitrogen and oxygen atoms in total. The molecule has 0 spiro atoms. The van der Waals surface area contributed by atoms with Crippen molar-refractivity contribution in [1.82, 2.24) is 0 Å². The summed E-state index contributed by atoms with van der Waals surface area (Å²) >= 11 is 0. The maximum absolute atomic E-state index is 11.1. The molecule has 4 N–H and O–H groups in total. The molecule has 0 unspecified atom stereocenters. The highest BCUT2D eigenvalue weighted by Crippen LogP contribution is 2.12. The lowest BCUT2D eigenvalue weighted by Gasteiger charge is -2.15. The van der Waals surface area contributed by atoms with Gasteiger partial charge in [0.05, 0.1) is 5.75 Å². The van der Waals surface area contributed by atoms with Crippen LogP contribution in [0.25, 0.3) is 0 Å². The van der Waals surface area contributed by atoms with Crippen LogP contribution in [0.3, 0.4) is 0 Å². The number of hydrogen-bond acceptors (Lipinski definition) is 4. The summed E-state index contributed by atoms with van der Waals surface area (Å²) in [5.41, 5.74) is 6.89. The zero-order valence-electron chi connectivity index (χ0n) is 10.6. The summed E-state index contributed by atoms with van der Waals surface area (Å²) < 4.78 is 22.1. The van der Waals surface area contributed by atoms with Crippen molar-refractivity contribution in [2.24, 2.45) is 5.73 Å². The minimum absolute atomic E-state index is 0.0161. The first-order chi connectivity index (χ1) is 8.28. The number of sulfone groups is 1. The number of nitrogen functional groups attached to an aromatic ring is 1. The summed E-state index contributed by atoms with van der Waals surface area (Å²) in [6, 6.07) is 7.25. The third-order valence-corrected chi connectivity index (χ3v) is 3.49. The zero-order valence-corrected chi connectivity index (χ0v) is 11.4. The van der Waals surface area contributed by atoms with Gasteiger partial charge < -0.3 is 11.1 Å². The van der Waals surface area contributed by atoms with Crippen LogP contribution in [-0.4, -0.2) is 32.3 Å². The number of benzene rings is 1. The average molecular weight is 269 g/mol. The van der Waals surface area contributed by atoms with Crippen LogP contribution < -0.4 is 11.1 Å². The van der Waals surface area contributed by atoms with Crippen molar-refractivity contribution < 1.29 is 8.42 Å². The molecule has 6 heteroatoms. The molecule has 18 heavy (non-hydrogen) atoms. The molecule has 0 aliphatic carbocycles. The molecule has 0 aliphatic heterocycles. The number of hydrogen-bond donors (Lipinski definition) is 3. The lowest BCUT2D eigenvalue weighted by atomic mass is 10.1. The van der Waals surface area contributed by atoms with Crippen LogP contribution in [0.15, 0.2) is 24.3 Å². The van der Waals surface area contributed by atoms with Crippen LogP contribution in [0.4, 0.5) is 5.69 Å². The number of anilines is 1. The topological polar surface area (TPSA) is 96.0 Å². The van der Waals surface area contributed by atoms with Crippen LogP contribution in [0, 0.1) is 5.41 Å².